The maximum atomic E-state index is 4.02. The van der Waals surface area contributed by atoms with E-state index < -0.39 is 0 Å². The summed E-state index contributed by atoms with van der Waals surface area (Å²) in [6.07, 6.45) is 20.9. The van der Waals surface area contributed by atoms with Gasteiger partial charge >= 0.3 is 0 Å². The van der Waals surface area contributed by atoms with Crippen LogP contribution in [0, 0.1) is 0 Å². The number of pyridine rings is 1. The molecular weight excluding hydrogens is 460 g/mol. The Balaban J connectivity index is 0.0000000988. The molecule has 0 aliphatic carbocycles. The zero-order chi connectivity index (χ0) is 24.4. The molecule has 0 atom stereocenters. The van der Waals surface area contributed by atoms with Gasteiger partial charge in [-0.1, -0.05) is 6.07 Å². The van der Waals surface area contributed by atoms with Crippen molar-refractivity contribution in [3.8, 4) is 0 Å². The van der Waals surface area contributed by atoms with Crippen LogP contribution in [-0.2, 0) is 0 Å². The third-order valence-electron chi connectivity index (χ3n) is 4.56. The number of hydrogen-bond donors (Lipinski definition) is 0. The van der Waals surface area contributed by atoms with E-state index in [1.165, 1.54) is 0 Å². The van der Waals surface area contributed by atoms with Gasteiger partial charge in [-0.05, 0) is 30.3 Å². The maximum absolute atomic E-state index is 4.02. The average Bonchev–Trinajstić information content (AvgIpc) is 3.76. The first kappa shape index (κ1) is 22.1. The van der Waals surface area contributed by atoms with Crippen molar-refractivity contribution in [1.82, 2.24) is 68.4 Å². The second-order valence-corrected chi connectivity index (χ2v) is 6.88. The van der Waals surface area contributed by atoms with Crippen LogP contribution in [0.4, 0.5) is 0 Å². The number of hydrogen-bond acceptors (Lipinski definition) is 10. The Morgan fingerprint density at radius 3 is 2.22 bits per heavy atom. The van der Waals surface area contributed by atoms with Crippen molar-refractivity contribution in [1.29, 1.82) is 0 Å². The molecule has 14 heteroatoms. The van der Waals surface area contributed by atoms with Crippen LogP contribution in [0.25, 0.3) is 22.7 Å². The Morgan fingerprint density at radius 1 is 0.528 bits per heavy atom. The smallest absolute Gasteiger partial charge is 0.254 e. The van der Waals surface area contributed by atoms with Gasteiger partial charge in [-0.2, -0.15) is 5.10 Å². The minimum atomic E-state index is 0.637. The Hall–Kier alpha value is -5.66. The lowest BCUT2D eigenvalue weighted by atomic mass is 10.5. The highest BCUT2D eigenvalue weighted by Crippen LogP contribution is 1.95. The minimum absolute atomic E-state index is 0.637. The van der Waals surface area contributed by atoms with Crippen molar-refractivity contribution in [2.24, 2.45) is 0 Å². The molecule has 14 nitrogen and oxygen atoms in total. The van der Waals surface area contributed by atoms with Crippen molar-refractivity contribution >= 4 is 22.7 Å². The zero-order valence-electron chi connectivity index (χ0n) is 18.7. The van der Waals surface area contributed by atoms with Crippen LogP contribution < -0.4 is 0 Å². The third kappa shape index (κ3) is 5.45. The highest BCUT2D eigenvalue weighted by molar-refractivity contribution is 5.35. The lowest BCUT2D eigenvalue weighted by molar-refractivity contribution is 0.926. The molecule has 0 aliphatic rings. The molecule has 0 radical (unpaired) electrons. The van der Waals surface area contributed by atoms with E-state index in [0.29, 0.717) is 5.78 Å². The topological polar surface area (TPSA) is 147 Å². The summed E-state index contributed by atoms with van der Waals surface area (Å²) in [5.74, 6) is 0.637. The van der Waals surface area contributed by atoms with Gasteiger partial charge in [0.1, 0.15) is 19.0 Å². The van der Waals surface area contributed by atoms with Gasteiger partial charge in [-0.15, -0.1) is 30.6 Å². The Bertz CT molecular complexity index is 1390. The van der Waals surface area contributed by atoms with Crippen molar-refractivity contribution in [3.63, 3.8) is 0 Å². The van der Waals surface area contributed by atoms with Crippen LogP contribution in [0.5, 0.6) is 0 Å². The van der Waals surface area contributed by atoms with Crippen LogP contribution >= 0.6 is 0 Å². The molecule has 0 spiro atoms. The lowest BCUT2D eigenvalue weighted by Crippen LogP contribution is -1.85. The van der Waals surface area contributed by atoms with Gasteiger partial charge in [0.2, 0.25) is 0 Å². The monoisotopic (exact) mass is 478 g/mol. The molecule has 8 aromatic heterocycles. The fourth-order valence-electron chi connectivity index (χ4n) is 2.89. The van der Waals surface area contributed by atoms with E-state index in [1.807, 2.05) is 70.0 Å². The number of aromatic nitrogens is 14. The van der Waals surface area contributed by atoms with Crippen LogP contribution in [-0.4, -0.2) is 68.4 Å². The molecule has 0 unspecified atom stereocenters. The van der Waals surface area contributed by atoms with Gasteiger partial charge in [-0.3, -0.25) is 13.8 Å². The molecule has 0 bridgehead atoms. The second-order valence-electron chi connectivity index (χ2n) is 6.88. The van der Waals surface area contributed by atoms with Crippen LogP contribution in [0.3, 0.4) is 0 Å². The van der Waals surface area contributed by atoms with Gasteiger partial charge in [0, 0.05) is 49.6 Å². The molecule has 0 saturated heterocycles. The SMILES string of the molecule is c1ccn2cnnc2c1.c1cn2ccnc2cn1.c1cnc2nncn2c1.c1cnn2cnnc2c1. The minimum Gasteiger partial charge on any atom is -0.304 e. The van der Waals surface area contributed by atoms with Crippen molar-refractivity contribution in [3.05, 3.63) is 111 Å². The molecule has 8 heterocycles. The fraction of sp³-hybridized carbons (Fsp3) is 0. The van der Waals surface area contributed by atoms with Gasteiger partial charge in [-0.25, -0.2) is 14.5 Å². The summed E-state index contributed by atoms with van der Waals surface area (Å²) >= 11 is 0. The molecular formula is C22H18N14. The molecule has 0 N–H and O–H groups in total. The number of fused-ring (bicyclic) bond motifs is 4. The predicted molar refractivity (Wildman–Crippen MR) is 128 cm³/mol. The molecule has 36 heavy (non-hydrogen) atoms. The fourth-order valence-corrected chi connectivity index (χ4v) is 2.89. The Labute approximate surface area is 202 Å². The van der Waals surface area contributed by atoms with Gasteiger partial charge < -0.3 is 4.40 Å². The Morgan fingerprint density at radius 2 is 1.33 bits per heavy atom. The van der Waals surface area contributed by atoms with E-state index in [0.717, 1.165) is 16.9 Å². The molecule has 0 aliphatic heterocycles. The second kappa shape index (κ2) is 11.0. The first-order valence-electron chi connectivity index (χ1n) is 10.6. The lowest BCUT2D eigenvalue weighted by Gasteiger charge is -1.86. The van der Waals surface area contributed by atoms with Gasteiger partial charge in [0.25, 0.3) is 5.78 Å². The van der Waals surface area contributed by atoms with E-state index in [2.05, 4.69) is 50.6 Å². The highest BCUT2D eigenvalue weighted by atomic mass is 15.3. The predicted octanol–water partition coefficient (Wildman–Crippen LogP) is 1.71. The van der Waals surface area contributed by atoms with Crippen molar-refractivity contribution in [2.75, 3.05) is 0 Å². The number of nitrogens with zero attached hydrogens (tertiary/aromatic N) is 14. The molecule has 0 fully saturated rings. The van der Waals surface area contributed by atoms with E-state index in [1.54, 1.807) is 58.9 Å². The number of imidazole rings is 1. The van der Waals surface area contributed by atoms with Crippen LogP contribution in [0.15, 0.2) is 111 Å². The Kier molecular flexibility index (Phi) is 6.75. The van der Waals surface area contributed by atoms with Gasteiger partial charge in [0.15, 0.2) is 16.9 Å². The van der Waals surface area contributed by atoms with E-state index in [9.17, 15) is 0 Å². The highest BCUT2D eigenvalue weighted by Gasteiger charge is 1.90. The van der Waals surface area contributed by atoms with E-state index >= 15 is 0 Å². The summed E-state index contributed by atoms with van der Waals surface area (Å²) in [5.41, 5.74) is 2.55. The molecule has 0 amide bonds. The first-order valence-corrected chi connectivity index (χ1v) is 10.6. The quantitative estimate of drug-likeness (QED) is 0.315. The normalized spacial score (nSPS) is 10.2. The maximum Gasteiger partial charge on any atom is 0.254 e. The van der Waals surface area contributed by atoms with E-state index in [-0.39, 0.29) is 0 Å². The molecule has 8 rings (SSSR count). The van der Waals surface area contributed by atoms with Crippen molar-refractivity contribution < 1.29 is 0 Å². The first-order chi connectivity index (χ1) is 17.9. The zero-order valence-corrected chi connectivity index (χ0v) is 18.7. The largest absolute Gasteiger partial charge is 0.304 e. The standard InChI is InChI=1S/2C6H5N3.2C5H4N4/c1-3-9-4-2-8-6(9)5-7-1;1-2-4-9-5-7-8-6(9)3-1;1-2-6-5-8-7-4-9(5)3-1;1-2-5-8-6-4-9(5)7-3-1/h2*1-5H;2*1-4H. The molecule has 0 aromatic carbocycles. The van der Waals surface area contributed by atoms with E-state index in [4.69, 9.17) is 0 Å². The number of rotatable bonds is 0. The summed E-state index contributed by atoms with van der Waals surface area (Å²) in [6.45, 7) is 0. The summed E-state index contributed by atoms with van der Waals surface area (Å²) in [5, 5.41) is 26.3. The third-order valence-corrected chi connectivity index (χ3v) is 4.56. The molecule has 0 saturated carbocycles. The average molecular weight is 478 g/mol. The summed E-state index contributed by atoms with van der Waals surface area (Å²) in [7, 11) is 0. The summed E-state index contributed by atoms with van der Waals surface area (Å²) in [6, 6.07) is 11.3. The van der Waals surface area contributed by atoms with Crippen LogP contribution in [0.2, 0.25) is 0 Å². The molecule has 8 aromatic rings. The van der Waals surface area contributed by atoms with Crippen LogP contribution in [0.1, 0.15) is 0 Å². The van der Waals surface area contributed by atoms with Gasteiger partial charge in [0.05, 0.1) is 6.20 Å². The molecule has 176 valence electrons. The van der Waals surface area contributed by atoms with Crippen molar-refractivity contribution in [2.45, 2.75) is 0 Å². The summed E-state index contributed by atoms with van der Waals surface area (Å²) < 4.78 is 7.13. The summed E-state index contributed by atoms with van der Waals surface area (Å²) in [4.78, 5) is 11.9.